The van der Waals surface area contributed by atoms with Gasteiger partial charge in [-0.3, -0.25) is 0 Å². The van der Waals surface area contributed by atoms with Gasteiger partial charge >= 0.3 is 0 Å². The third kappa shape index (κ3) is 2.60. The Kier molecular flexibility index (Phi) is 4.57. The molecule has 0 aliphatic carbocycles. The molecule has 0 bridgehead atoms. The van der Waals surface area contributed by atoms with Crippen LogP contribution >= 0.6 is 0 Å². The first-order valence-electron chi connectivity index (χ1n) is 6.67. The number of aryl methyl sites for hydroxylation is 3. The van der Waals surface area contributed by atoms with Gasteiger partial charge in [-0.15, -0.1) is 0 Å². The van der Waals surface area contributed by atoms with E-state index < -0.39 is 6.10 Å². The Hall–Kier alpha value is -0.860. The zero-order valence-electron chi connectivity index (χ0n) is 12.8. The van der Waals surface area contributed by atoms with Crippen LogP contribution in [0.15, 0.2) is 12.1 Å². The van der Waals surface area contributed by atoms with E-state index >= 15 is 0 Å². The van der Waals surface area contributed by atoms with Gasteiger partial charge in [-0.1, -0.05) is 19.1 Å². The van der Waals surface area contributed by atoms with Crippen LogP contribution in [0.1, 0.15) is 48.6 Å². The first kappa shape index (κ1) is 15.2. The van der Waals surface area contributed by atoms with Gasteiger partial charge in [-0.2, -0.15) is 0 Å². The van der Waals surface area contributed by atoms with Crippen LogP contribution in [0, 0.1) is 20.8 Å². The predicted octanol–water partition coefficient (Wildman–Crippen LogP) is 3.38. The highest BCUT2D eigenvalue weighted by Gasteiger charge is 2.35. The molecule has 0 heterocycles. The maximum atomic E-state index is 10.8. The molecule has 2 nitrogen and oxygen atoms in total. The molecule has 18 heavy (non-hydrogen) atoms. The quantitative estimate of drug-likeness (QED) is 0.884. The molecule has 1 aromatic carbocycles. The molecule has 2 heteroatoms. The minimum atomic E-state index is -0.461. The van der Waals surface area contributed by atoms with Crippen LogP contribution in [0.4, 0.5) is 0 Å². The fraction of sp³-hybridized carbons (Fsp3) is 0.625. The summed E-state index contributed by atoms with van der Waals surface area (Å²) in [6.07, 6.45) is 0.449. The molecule has 0 saturated heterocycles. The van der Waals surface area contributed by atoms with E-state index in [0.29, 0.717) is 0 Å². The maximum Gasteiger partial charge on any atom is 0.0973 e. The molecule has 0 radical (unpaired) electrons. The van der Waals surface area contributed by atoms with E-state index in [2.05, 4.69) is 51.7 Å². The fourth-order valence-electron chi connectivity index (χ4n) is 2.37. The Bertz CT molecular complexity index is 425. The molecule has 2 unspecified atom stereocenters. The molecular weight excluding hydrogens is 222 g/mol. The van der Waals surface area contributed by atoms with Crippen molar-refractivity contribution in [2.75, 3.05) is 14.1 Å². The largest absolute Gasteiger partial charge is 0.386 e. The summed E-state index contributed by atoms with van der Waals surface area (Å²) in [6.45, 7) is 10.5. The van der Waals surface area contributed by atoms with Gasteiger partial charge in [0.1, 0.15) is 0 Å². The number of benzene rings is 1. The van der Waals surface area contributed by atoms with Crippen molar-refractivity contribution in [3.63, 3.8) is 0 Å². The summed E-state index contributed by atoms with van der Waals surface area (Å²) in [5, 5.41) is 10.8. The SMILES string of the molecule is CCC(C)(C(O)c1cc(C)c(C)cc1C)N(C)C. The fourth-order valence-corrected chi connectivity index (χ4v) is 2.37. The Balaban J connectivity index is 3.25. The van der Waals surface area contributed by atoms with Gasteiger partial charge in [0.05, 0.1) is 6.10 Å². The smallest absolute Gasteiger partial charge is 0.0973 e. The molecule has 1 N–H and O–H groups in total. The van der Waals surface area contributed by atoms with E-state index in [1.807, 2.05) is 14.1 Å². The molecule has 1 aromatic rings. The van der Waals surface area contributed by atoms with Crippen LogP contribution in [0.25, 0.3) is 0 Å². The van der Waals surface area contributed by atoms with Crippen molar-refractivity contribution in [1.82, 2.24) is 4.90 Å². The highest BCUT2D eigenvalue weighted by atomic mass is 16.3. The summed E-state index contributed by atoms with van der Waals surface area (Å²) < 4.78 is 0. The summed E-state index contributed by atoms with van der Waals surface area (Å²) in [6, 6.07) is 4.30. The number of hydrogen-bond donors (Lipinski definition) is 1. The first-order valence-corrected chi connectivity index (χ1v) is 6.67. The second kappa shape index (κ2) is 5.41. The lowest BCUT2D eigenvalue weighted by Gasteiger charge is -2.40. The van der Waals surface area contributed by atoms with Crippen LogP contribution in [-0.4, -0.2) is 29.6 Å². The number of hydrogen-bond acceptors (Lipinski definition) is 2. The maximum absolute atomic E-state index is 10.8. The van der Waals surface area contributed by atoms with Crippen molar-refractivity contribution in [2.45, 2.75) is 52.7 Å². The van der Waals surface area contributed by atoms with Crippen LogP contribution in [0.2, 0.25) is 0 Å². The average Bonchev–Trinajstić information content (AvgIpc) is 2.31. The van der Waals surface area contributed by atoms with E-state index in [-0.39, 0.29) is 5.54 Å². The zero-order chi connectivity index (χ0) is 14.1. The molecule has 102 valence electrons. The minimum Gasteiger partial charge on any atom is -0.386 e. The third-order valence-corrected chi connectivity index (χ3v) is 4.50. The molecule has 0 aliphatic heterocycles. The Labute approximate surface area is 112 Å². The lowest BCUT2D eigenvalue weighted by Crippen LogP contribution is -2.46. The number of rotatable bonds is 4. The molecule has 0 aromatic heterocycles. The van der Waals surface area contributed by atoms with Crippen LogP contribution in [0.3, 0.4) is 0 Å². The zero-order valence-corrected chi connectivity index (χ0v) is 12.8. The lowest BCUT2D eigenvalue weighted by molar-refractivity contribution is 0.000471. The van der Waals surface area contributed by atoms with Crippen LogP contribution in [0.5, 0.6) is 0 Å². The van der Waals surface area contributed by atoms with Gasteiger partial charge in [0.2, 0.25) is 0 Å². The van der Waals surface area contributed by atoms with Crippen LogP contribution < -0.4 is 0 Å². The van der Waals surface area contributed by atoms with Crippen molar-refractivity contribution >= 4 is 0 Å². The second-order valence-electron chi connectivity index (χ2n) is 5.80. The Morgan fingerprint density at radius 2 is 1.61 bits per heavy atom. The summed E-state index contributed by atoms with van der Waals surface area (Å²) in [7, 11) is 4.06. The van der Waals surface area contributed by atoms with Crippen molar-refractivity contribution in [1.29, 1.82) is 0 Å². The molecule has 0 fully saturated rings. The summed E-state index contributed by atoms with van der Waals surface area (Å²) >= 11 is 0. The standard InChI is InChI=1S/C16H27NO/c1-8-16(5,17(6)7)15(18)14-10-12(3)11(2)9-13(14)4/h9-10,15,18H,8H2,1-7H3. The van der Waals surface area contributed by atoms with E-state index in [4.69, 9.17) is 0 Å². The van der Waals surface area contributed by atoms with Gasteiger partial charge in [0.15, 0.2) is 0 Å². The van der Waals surface area contributed by atoms with Gasteiger partial charge in [0.25, 0.3) is 0 Å². The number of aliphatic hydroxyl groups is 1. The molecule has 0 amide bonds. The summed E-state index contributed by atoms with van der Waals surface area (Å²) in [5.74, 6) is 0. The predicted molar refractivity (Wildman–Crippen MR) is 78.0 cm³/mol. The van der Waals surface area contributed by atoms with Crippen molar-refractivity contribution in [3.8, 4) is 0 Å². The number of likely N-dealkylation sites (N-methyl/N-ethyl adjacent to an activating group) is 1. The molecule has 2 atom stereocenters. The van der Waals surface area contributed by atoms with Crippen LogP contribution in [-0.2, 0) is 0 Å². The average molecular weight is 249 g/mol. The van der Waals surface area contributed by atoms with Gasteiger partial charge in [-0.25, -0.2) is 0 Å². The Morgan fingerprint density at radius 1 is 1.11 bits per heavy atom. The molecule has 0 aliphatic rings. The summed E-state index contributed by atoms with van der Waals surface area (Å²) in [5.41, 5.74) is 4.52. The Morgan fingerprint density at radius 3 is 2.06 bits per heavy atom. The van der Waals surface area contributed by atoms with Gasteiger partial charge in [0, 0.05) is 5.54 Å². The third-order valence-electron chi connectivity index (χ3n) is 4.50. The van der Waals surface area contributed by atoms with Gasteiger partial charge < -0.3 is 10.0 Å². The minimum absolute atomic E-state index is 0.230. The highest BCUT2D eigenvalue weighted by molar-refractivity contribution is 5.38. The van der Waals surface area contributed by atoms with Crippen molar-refractivity contribution in [2.24, 2.45) is 0 Å². The van der Waals surface area contributed by atoms with E-state index in [0.717, 1.165) is 12.0 Å². The molecule has 0 spiro atoms. The molecule has 1 rings (SSSR count). The normalized spacial score (nSPS) is 16.7. The first-order chi connectivity index (χ1) is 8.24. The number of nitrogens with zero attached hydrogens (tertiary/aromatic N) is 1. The van der Waals surface area contributed by atoms with E-state index in [1.54, 1.807) is 0 Å². The van der Waals surface area contributed by atoms with E-state index in [1.165, 1.54) is 16.7 Å². The second-order valence-corrected chi connectivity index (χ2v) is 5.80. The van der Waals surface area contributed by atoms with Crippen molar-refractivity contribution in [3.05, 3.63) is 34.4 Å². The molecule has 0 saturated carbocycles. The summed E-state index contributed by atoms with van der Waals surface area (Å²) in [4.78, 5) is 2.12. The van der Waals surface area contributed by atoms with E-state index in [9.17, 15) is 5.11 Å². The topological polar surface area (TPSA) is 23.5 Å². The monoisotopic (exact) mass is 249 g/mol. The number of aliphatic hydroxyl groups excluding tert-OH is 1. The highest BCUT2D eigenvalue weighted by Crippen LogP contribution is 2.35. The molecular formula is C16H27NO. The van der Waals surface area contributed by atoms with Crippen molar-refractivity contribution < 1.29 is 5.11 Å². The van der Waals surface area contributed by atoms with Gasteiger partial charge in [-0.05, 0) is 70.5 Å². The lowest BCUT2D eigenvalue weighted by atomic mass is 9.83.